The largest absolute Gasteiger partial charge is 0.0810 e. The highest BCUT2D eigenvalue weighted by atomic mass is 35.5. The van der Waals surface area contributed by atoms with E-state index in [4.69, 9.17) is 70.6 Å². The molecule has 0 fully saturated rings. The molecule has 1 aromatic carbocycles. The van der Waals surface area contributed by atoms with Gasteiger partial charge in [-0.05, 0) is 0 Å². The molecule has 65 valence electrons. The van der Waals surface area contributed by atoms with E-state index in [1.807, 2.05) is 0 Å². The van der Waals surface area contributed by atoms with E-state index >= 15 is 0 Å². The Morgan fingerprint density at radius 3 is 1.17 bits per heavy atom. The fourth-order valence-electron chi connectivity index (χ4n) is 0.585. The Morgan fingerprint density at radius 2 is 0.833 bits per heavy atom. The average molecular weight is 281 g/mol. The van der Waals surface area contributed by atoms with E-state index in [0.29, 0.717) is 0 Å². The molecule has 0 nitrogen and oxygen atoms in total. The second kappa shape index (κ2) is 3.95. The summed E-state index contributed by atoms with van der Waals surface area (Å²) >= 11 is 33.3. The van der Waals surface area contributed by atoms with Crippen LogP contribution in [0.5, 0.6) is 0 Å². The maximum absolute atomic E-state index is 5.70. The fraction of sp³-hybridized carbons (Fsp3) is 0. The van der Waals surface area contributed by atoms with E-state index in [-0.39, 0.29) is 30.0 Å². The average Bonchev–Trinajstić information content (AvgIpc) is 2.08. The van der Waals surface area contributed by atoms with Gasteiger partial charge in [0.2, 0.25) is 0 Å². The SMILES string of the molecule is [S]c1c(Cl)c(Cl)c(Cl)c(Cl)c1Cl. The van der Waals surface area contributed by atoms with Crippen LogP contribution < -0.4 is 0 Å². The van der Waals surface area contributed by atoms with Crippen molar-refractivity contribution in [2.45, 2.75) is 4.90 Å². The summed E-state index contributed by atoms with van der Waals surface area (Å²) in [4.78, 5) is 0.220. The molecule has 0 saturated carbocycles. The van der Waals surface area contributed by atoms with Crippen molar-refractivity contribution >= 4 is 70.6 Å². The lowest BCUT2D eigenvalue weighted by molar-refractivity contribution is 1.47. The molecule has 0 aliphatic carbocycles. The van der Waals surface area contributed by atoms with Gasteiger partial charge in [-0.1, -0.05) is 70.6 Å². The lowest BCUT2D eigenvalue weighted by atomic mass is 10.3. The summed E-state index contributed by atoms with van der Waals surface area (Å²) in [7, 11) is 0. The van der Waals surface area contributed by atoms with Crippen molar-refractivity contribution in [3.63, 3.8) is 0 Å². The summed E-state index contributed by atoms with van der Waals surface area (Å²) in [5.41, 5.74) is 0. The number of hydrogen-bond acceptors (Lipinski definition) is 0. The minimum atomic E-state index is 0.127. The van der Waals surface area contributed by atoms with E-state index in [2.05, 4.69) is 0 Å². The molecule has 0 spiro atoms. The molecule has 12 heavy (non-hydrogen) atoms. The van der Waals surface area contributed by atoms with Crippen molar-refractivity contribution in [2.24, 2.45) is 0 Å². The highest BCUT2D eigenvalue weighted by Gasteiger charge is 2.17. The van der Waals surface area contributed by atoms with Gasteiger partial charge < -0.3 is 0 Å². The number of halogens is 5. The van der Waals surface area contributed by atoms with Crippen molar-refractivity contribution in [3.8, 4) is 0 Å². The summed E-state index contributed by atoms with van der Waals surface area (Å²) in [6.07, 6.45) is 0. The molecule has 0 aliphatic heterocycles. The minimum Gasteiger partial charge on any atom is -0.0810 e. The first kappa shape index (κ1) is 11.0. The van der Waals surface area contributed by atoms with Crippen molar-refractivity contribution in [2.75, 3.05) is 0 Å². The standard InChI is InChI=1S/C6Cl5S/c7-1-2(8)4(10)6(12)5(11)3(1)9. The zero-order valence-corrected chi connectivity index (χ0v) is 9.89. The van der Waals surface area contributed by atoms with Crippen LogP contribution in [0.4, 0.5) is 0 Å². The molecule has 0 aliphatic rings. The summed E-state index contributed by atoms with van der Waals surface area (Å²) in [5, 5.41) is 0.717. The maximum Gasteiger partial charge on any atom is 0.0810 e. The molecule has 6 heteroatoms. The lowest BCUT2D eigenvalue weighted by Crippen LogP contribution is -1.80. The molecule has 0 aromatic heterocycles. The topological polar surface area (TPSA) is 0 Å². The van der Waals surface area contributed by atoms with Gasteiger partial charge in [-0.15, -0.1) is 0 Å². The van der Waals surface area contributed by atoms with E-state index in [0.717, 1.165) is 0 Å². The zero-order valence-electron chi connectivity index (χ0n) is 5.30. The molecular weight excluding hydrogens is 281 g/mol. The highest BCUT2D eigenvalue weighted by molar-refractivity contribution is 7.80. The van der Waals surface area contributed by atoms with E-state index in [1.165, 1.54) is 0 Å². The molecule has 0 unspecified atom stereocenters. The van der Waals surface area contributed by atoms with Crippen LogP contribution in [-0.2, 0) is 0 Å². The smallest absolute Gasteiger partial charge is 0.0810 e. The maximum atomic E-state index is 5.70. The molecule has 0 amide bonds. The molecule has 1 aromatic rings. The summed E-state index contributed by atoms with van der Waals surface area (Å²) in [6.45, 7) is 0. The number of hydrogen-bond donors (Lipinski definition) is 0. The quantitative estimate of drug-likeness (QED) is 0.434. The molecule has 0 N–H and O–H groups in total. The van der Waals surface area contributed by atoms with Gasteiger partial charge in [0.1, 0.15) is 0 Å². The summed E-state index contributed by atoms with van der Waals surface area (Å²) in [5.74, 6) is 0. The Hall–Kier alpha value is 0.890. The van der Waals surface area contributed by atoms with Gasteiger partial charge in [0.25, 0.3) is 0 Å². The van der Waals surface area contributed by atoms with Crippen LogP contribution in [0.25, 0.3) is 0 Å². The third-order valence-electron chi connectivity index (χ3n) is 1.17. The molecule has 0 atom stereocenters. The van der Waals surface area contributed by atoms with Crippen LogP contribution in [0.15, 0.2) is 4.90 Å². The Labute approximate surface area is 100 Å². The van der Waals surface area contributed by atoms with E-state index in [1.54, 1.807) is 0 Å². The van der Waals surface area contributed by atoms with E-state index in [9.17, 15) is 0 Å². The third-order valence-corrected chi connectivity index (χ3v) is 4.08. The molecule has 1 radical (unpaired) electrons. The van der Waals surface area contributed by atoms with Crippen LogP contribution in [0.1, 0.15) is 0 Å². The summed E-state index contributed by atoms with van der Waals surface area (Å²) < 4.78 is 0. The van der Waals surface area contributed by atoms with Gasteiger partial charge in [-0.25, -0.2) is 0 Å². The van der Waals surface area contributed by atoms with Crippen LogP contribution in [0.2, 0.25) is 25.1 Å². The van der Waals surface area contributed by atoms with Crippen molar-refractivity contribution in [3.05, 3.63) is 25.1 Å². The van der Waals surface area contributed by atoms with Crippen LogP contribution in [-0.4, -0.2) is 0 Å². The first-order chi connectivity index (χ1) is 5.46. The first-order valence-electron chi connectivity index (χ1n) is 2.65. The molecular formula is C6Cl5S. The minimum absolute atomic E-state index is 0.127. The van der Waals surface area contributed by atoms with Crippen LogP contribution in [0.3, 0.4) is 0 Å². The van der Waals surface area contributed by atoms with E-state index < -0.39 is 0 Å². The highest BCUT2D eigenvalue weighted by Crippen LogP contribution is 2.45. The predicted molar refractivity (Wildman–Crippen MR) is 57.3 cm³/mol. The predicted octanol–water partition coefficient (Wildman–Crippen LogP) is 5.51. The van der Waals surface area contributed by atoms with Gasteiger partial charge in [-0.3, -0.25) is 0 Å². The van der Waals surface area contributed by atoms with Crippen molar-refractivity contribution in [1.82, 2.24) is 0 Å². The Morgan fingerprint density at radius 1 is 0.583 bits per heavy atom. The fourth-order valence-corrected chi connectivity index (χ4v) is 2.04. The Bertz CT molecular complexity index is 230. The molecule has 0 bridgehead atoms. The van der Waals surface area contributed by atoms with Gasteiger partial charge in [-0.2, -0.15) is 0 Å². The van der Waals surface area contributed by atoms with Crippen LogP contribution >= 0.6 is 70.6 Å². The Balaban J connectivity index is 3.60. The van der Waals surface area contributed by atoms with Gasteiger partial charge in [0.05, 0.1) is 30.0 Å². The lowest BCUT2D eigenvalue weighted by Gasteiger charge is -2.06. The Kier molecular flexibility index (Phi) is 3.61. The van der Waals surface area contributed by atoms with Gasteiger partial charge in [0.15, 0.2) is 0 Å². The van der Waals surface area contributed by atoms with Crippen molar-refractivity contribution < 1.29 is 0 Å². The monoisotopic (exact) mass is 279 g/mol. The van der Waals surface area contributed by atoms with Crippen molar-refractivity contribution in [1.29, 1.82) is 0 Å². The number of benzene rings is 1. The van der Waals surface area contributed by atoms with Gasteiger partial charge in [0, 0.05) is 0 Å². The first-order valence-corrected chi connectivity index (χ1v) is 4.95. The van der Waals surface area contributed by atoms with Crippen LogP contribution in [0, 0.1) is 0 Å². The second-order valence-electron chi connectivity index (χ2n) is 1.90. The molecule has 0 saturated heterocycles. The zero-order chi connectivity index (χ0) is 9.46. The van der Waals surface area contributed by atoms with Gasteiger partial charge >= 0.3 is 0 Å². The molecule has 1 rings (SSSR count). The normalized spacial score (nSPS) is 10.4. The number of rotatable bonds is 0. The third kappa shape index (κ3) is 1.72. The molecule has 0 heterocycles. The second-order valence-corrected chi connectivity index (χ2v) is 4.20. The summed E-state index contributed by atoms with van der Waals surface area (Å²) in [6, 6.07) is 0.